The number of nitrogens with one attached hydrogen (secondary N) is 1. The molecule has 2 N–H and O–H groups in total. The van der Waals surface area contributed by atoms with E-state index in [1.54, 1.807) is 0 Å². The number of carboxylic acids is 1. The number of hydrogen-bond acceptors (Lipinski definition) is 5. The molecule has 0 bridgehead atoms. The smallest absolute Gasteiger partial charge is 0.326 e. The fraction of sp³-hybridized carbons (Fsp3) is 0.857. The lowest BCUT2D eigenvalue weighted by atomic mass is 10.1. The number of hydrogen-bond donors (Lipinski definition) is 2. The van der Waals surface area contributed by atoms with Crippen LogP contribution < -0.4 is 5.32 Å². The summed E-state index contributed by atoms with van der Waals surface area (Å²) in [5.74, 6) is -1.14. The van der Waals surface area contributed by atoms with Crippen molar-refractivity contribution in [3.8, 4) is 0 Å². The molecule has 0 aromatic carbocycles. The second-order valence-electron chi connectivity index (χ2n) is 5.56. The Morgan fingerprint density at radius 1 is 1.29 bits per heavy atom. The van der Waals surface area contributed by atoms with E-state index in [1.165, 1.54) is 12.0 Å². The Morgan fingerprint density at radius 2 is 2.00 bits per heavy atom. The van der Waals surface area contributed by atoms with Crippen LogP contribution in [0, 0.1) is 0 Å². The number of amides is 1. The van der Waals surface area contributed by atoms with Gasteiger partial charge in [0.15, 0.2) is 0 Å². The molecule has 2 heterocycles. The lowest BCUT2D eigenvalue weighted by Gasteiger charge is -2.24. The van der Waals surface area contributed by atoms with Crippen LogP contribution in [0.4, 0.5) is 0 Å². The number of methoxy groups -OCH3 is 1. The Kier molecular flexibility index (Phi) is 5.96. The number of carbonyl (C=O) groups excluding carboxylic acids is 1. The molecular weight excluding hydrogens is 276 g/mol. The monoisotopic (exact) mass is 300 g/mol. The van der Waals surface area contributed by atoms with Gasteiger partial charge in [0.1, 0.15) is 6.04 Å². The number of carboxylic acid groups (broad SMARTS) is 1. The molecule has 2 aliphatic rings. The topological polar surface area (TPSA) is 88.1 Å². The van der Waals surface area contributed by atoms with E-state index in [9.17, 15) is 14.7 Å². The summed E-state index contributed by atoms with van der Waals surface area (Å²) in [6, 6.07) is -0.777. The van der Waals surface area contributed by atoms with Gasteiger partial charge < -0.3 is 24.8 Å². The van der Waals surface area contributed by atoms with Gasteiger partial charge >= 0.3 is 5.97 Å². The first kappa shape index (κ1) is 16.2. The summed E-state index contributed by atoms with van der Waals surface area (Å²) in [6.07, 6.45) is 2.51. The summed E-state index contributed by atoms with van der Waals surface area (Å²) in [7, 11) is 1.54. The highest BCUT2D eigenvalue weighted by molar-refractivity contribution is 5.84. The highest BCUT2D eigenvalue weighted by Crippen LogP contribution is 2.21. The number of nitrogens with zero attached hydrogens (tertiary/aromatic N) is 1. The predicted octanol–water partition coefficient (Wildman–Crippen LogP) is -0.154. The number of piperidine rings is 1. The molecule has 0 aromatic heterocycles. The van der Waals surface area contributed by atoms with Crippen LogP contribution in [0.15, 0.2) is 0 Å². The molecule has 0 saturated carbocycles. The van der Waals surface area contributed by atoms with Crippen LogP contribution in [0.3, 0.4) is 0 Å². The van der Waals surface area contributed by atoms with Crippen molar-refractivity contribution < 1.29 is 24.2 Å². The first-order chi connectivity index (χ1) is 10.1. The maximum Gasteiger partial charge on any atom is 0.326 e. The van der Waals surface area contributed by atoms with Crippen molar-refractivity contribution in [1.29, 1.82) is 0 Å². The molecule has 7 heteroatoms. The SMILES string of the molecule is COC1CC(C(=O)O)N(C(=O)CCOC2CCNCC2)C1. The summed E-state index contributed by atoms with van der Waals surface area (Å²) >= 11 is 0. The van der Waals surface area contributed by atoms with Gasteiger partial charge in [0, 0.05) is 20.1 Å². The fourth-order valence-electron chi connectivity index (χ4n) is 2.90. The van der Waals surface area contributed by atoms with E-state index in [0.29, 0.717) is 19.6 Å². The molecule has 7 nitrogen and oxygen atoms in total. The van der Waals surface area contributed by atoms with Crippen LogP contribution >= 0.6 is 0 Å². The van der Waals surface area contributed by atoms with E-state index >= 15 is 0 Å². The highest BCUT2D eigenvalue weighted by Gasteiger charge is 2.39. The normalized spacial score (nSPS) is 27.0. The van der Waals surface area contributed by atoms with Gasteiger partial charge in [-0.1, -0.05) is 0 Å². The van der Waals surface area contributed by atoms with E-state index < -0.39 is 12.0 Å². The molecule has 2 atom stereocenters. The van der Waals surface area contributed by atoms with Crippen molar-refractivity contribution in [1.82, 2.24) is 10.2 Å². The summed E-state index contributed by atoms with van der Waals surface area (Å²) in [6.45, 7) is 2.59. The van der Waals surface area contributed by atoms with E-state index in [1.807, 2.05) is 0 Å². The van der Waals surface area contributed by atoms with Crippen LogP contribution in [-0.2, 0) is 19.1 Å². The van der Waals surface area contributed by atoms with Gasteiger partial charge in [-0.2, -0.15) is 0 Å². The minimum Gasteiger partial charge on any atom is -0.480 e. The fourth-order valence-corrected chi connectivity index (χ4v) is 2.90. The summed E-state index contributed by atoms with van der Waals surface area (Å²) < 4.78 is 10.9. The molecule has 2 aliphatic heterocycles. The molecule has 2 fully saturated rings. The molecule has 0 radical (unpaired) electrons. The molecule has 2 unspecified atom stereocenters. The largest absolute Gasteiger partial charge is 0.480 e. The van der Waals surface area contributed by atoms with Gasteiger partial charge in [0.25, 0.3) is 0 Å². The van der Waals surface area contributed by atoms with Gasteiger partial charge in [-0.3, -0.25) is 4.79 Å². The number of carbonyl (C=O) groups is 2. The van der Waals surface area contributed by atoms with Crippen LogP contribution in [0.5, 0.6) is 0 Å². The molecule has 2 saturated heterocycles. The van der Waals surface area contributed by atoms with Crippen LogP contribution in [0.1, 0.15) is 25.7 Å². The zero-order valence-electron chi connectivity index (χ0n) is 12.4. The number of aliphatic carboxylic acids is 1. The van der Waals surface area contributed by atoms with Crippen molar-refractivity contribution in [3.05, 3.63) is 0 Å². The standard InChI is InChI=1S/C14H24N2O5/c1-20-11-8-12(14(18)19)16(9-11)13(17)4-7-21-10-2-5-15-6-3-10/h10-12,15H,2-9H2,1H3,(H,18,19). The molecular formula is C14H24N2O5. The lowest BCUT2D eigenvalue weighted by Crippen LogP contribution is -2.41. The maximum absolute atomic E-state index is 12.2. The Bertz CT molecular complexity index is 370. The number of likely N-dealkylation sites (tertiary alicyclic amines) is 1. The second-order valence-corrected chi connectivity index (χ2v) is 5.56. The molecule has 1 amide bonds. The van der Waals surface area contributed by atoms with E-state index in [-0.39, 0.29) is 24.5 Å². The maximum atomic E-state index is 12.2. The van der Waals surface area contributed by atoms with E-state index in [0.717, 1.165) is 25.9 Å². The van der Waals surface area contributed by atoms with Crippen molar-refractivity contribution in [2.75, 3.05) is 33.4 Å². The lowest BCUT2D eigenvalue weighted by molar-refractivity contribution is -0.148. The zero-order valence-corrected chi connectivity index (χ0v) is 12.4. The van der Waals surface area contributed by atoms with Crippen molar-refractivity contribution in [2.24, 2.45) is 0 Å². The summed E-state index contributed by atoms with van der Waals surface area (Å²) in [4.78, 5) is 24.8. The van der Waals surface area contributed by atoms with Gasteiger partial charge in [-0.25, -0.2) is 4.79 Å². The van der Waals surface area contributed by atoms with Crippen molar-refractivity contribution in [3.63, 3.8) is 0 Å². The van der Waals surface area contributed by atoms with Crippen LogP contribution in [-0.4, -0.2) is 73.5 Å². The predicted molar refractivity (Wildman–Crippen MR) is 75.0 cm³/mol. The average molecular weight is 300 g/mol. The molecule has 120 valence electrons. The van der Waals surface area contributed by atoms with Gasteiger partial charge in [-0.15, -0.1) is 0 Å². The van der Waals surface area contributed by atoms with Gasteiger partial charge in [-0.05, 0) is 25.9 Å². The third kappa shape index (κ3) is 4.39. The van der Waals surface area contributed by atoms with E-state index in [4.69, 9.17) is 9.47 Å². The Balaban J connectivity index is 1.77. The highest BCUT2D eigenvalue weighted by atomic mass is 16.5. The Labute approximate surface area is 124 Å². The Morgan fingerprint density at radius 3 is 2.62 bits per heavy atom. The Hall–Kier alpha value is -1.18. The second kappa shape index (κ2) is 7.72. The zero-order chi connectivity index (χ0) is 15.2. The third-order valence-corrected chi connectivity index (χ3v) is 4.16. The molecule has 0 spiro atoms. The summed E-state index contributed by atoms with van der Waals surface area (Å²) in [5.41, 5.74) is 0. The van der Waals surface area contributed by atoms with Crippen LogP contribution in [0.2, 0.25) is 0 Å². The average Bonchev–Trinajstić information content (AvgIpc) is 2.93. The first-order valence-corrected chi connectivity index (χ1v) is 7.49. The van der Waals surface area contributed by atoms with Crippen LogP contribution in [0.25, 0.3) is 0 Å². The minimum atomic E-state index is -0.970. The first-order valence-electron chi connectivity index (χ1n) is 7.49. The van der Waals surface area contributed by atoms with E-state index in [2.05, 4.69) is 5.32 Å². The minimum absolute atomic E-state index is 0.170. The number of rotatable bonds is 6. The molecule has 21 heavy (non-hydrogen) atoms. The van der Waals surface area contributed by atoms with Crippen molar-refractivity contribution >= 4 is 11.9 Å². The number of ether oxygens (including phenoxy) is 2. The van der Waals surface area contributed by atoms with Gasteiger partial charge in [0.05, 0.1) is 25.2 Å². The molecule has 0 aromatic rings. The third-order valence-electron chi connectivity index (χ3n) is 4.16. The quantitative estimate of drug-likeness (QED) is 0.709. The summed E-state index contributed by atoms with van der Waals surface area (Å²) in [5, 5.41) is 12.4. The van der Waals surface area contributed by atoms with Gasteiger partial charge in [0.2, 0.25) is 5.91 Å². The molecule has 0 aliphatic carbocycles. The van der Waals surface area contributed by atoms with Crippen molar-refractivity contribution in [2.45, 2.75) is 43.9 Å². The molecule has 2 rings (SSSR count).